The number of sulfonamides is 1. The van der Waals surface area contributed by atoms with Crippen molar-refractivity contribution in [2.75, 3.05) is 12.0 Å². The first-order chi connectivity index (χ1) is 9.77. The van der Waals surface area contributed by atoms with Gasteiger partial charge < -0.3 is 5.43 Å². The molecule has 0 fully saturated rings. The zero-order chi connectivity index (χ0) is 16.0. The predicted molar refractivity (Wildman–Crippen MR) is 80.2 cm³/mol. The van der Waals surface area contributed by atoms with Crippen LogP contribution in [0.1, 0.15) is 26.7 Å². The number of benzene rings is 1. The van der Waals surface area contributed by atoms with Gasteiger partial charge in [0.05, 0.1) is 10.6 Å². The second-order valence-electron chi connectivity index (χ2n) is 5.02. The lowest BCUT2D eigenvalue weighted by atomic mass is 10.1. The van der Waals surface area contributed by atoms with E-state index in [0.29, 0.717) is 12.3 Å². The van der Waals surface area contributed by atoms with Crippen LogP contribution in [0.2, 0.25) is 0 Å². The van der Waals surface area contributed by atoms with Gasteiger partial charge in [-0.2, -0.15) is 0 Å². The van der Waals surface area contributed by atoms with Crippen LogP contribution in [-0.4, -0.2) is 19.9 Å². The normalized spacial score (nSPS) is 11.6. The third kappa shape index (κ3) is 4.96. The van der Waals surface area contributed by atoms with E-state index in [1.54, 1.807) is 0 Å². The fourth-order valence-electron chi connectivity index (χ4n) is 1.76. The molecule has 0 saturated carbocycles. The lowest BCUT2D eigenvalue weighted by molar-refractivity contribution is -0.387. The molecule has 0 aliphatic heterocycles. The van der Waals surface area contributed by atoms with Crippen molar-refractivity contribution >= 4 is 21.4 Å². The number of rotatable bonds is 8. The van der Waals surface area contributed by atoms with Crippen LogP contribution < -0.4 is 16.0 Å². The van der Waals surface area contributed by atoms with E-state index in [1.807, 2.05) is 13.8 Å². The summed E-state index contributed by atoms with van der Waals surface area (Å²) in [6.45, 7) is 4.31. The average molecular weight is 316 g/mol. The summed E-state index contributed by atoms with van der Waals surface area (Å²) < 4.78 is 26.7. The molecule has 21 heavy (non-hydrogen) atoms. The molecular weight excluding hydrogens is 296 g/mol. The van der Waals surface area contributed by atoms with Crippen molar-refractivity contribution in [3.63, 3.8) is 0 Å². The fourth-order valence-corrected chi connectivity index (χ4v) is 3.03. The molecule has 1 aromatic rings. The van der Waals surface area contributed by atoms with Crippen LogP contribution in [0.3, 0.4) is 0 Å². The van der Waals surface area contributed by atoms with Crippen molar-refractivity contribution in [3.05, 3.63) is 28.3 Å². The Labute approximate surface area is 123 Å². The molecule has 0 aromatic heterocycles. The first-order valence-electron chi connectivity index (χ1n) is 6.52. The molecule has 0 spiro atoms. The molecule has 8 nitrogen and oxygen atoms in total. The Morgan fingerprint density at radius 1 is 1.38 bits per heavy atom. The molecule has 0 atom stereocenters. The first kappa shape index (κ1) is 17.3. The summed E-state index contributed by atoms with van der Waals surface area (Å²) >= 11 is 0. The number of anilines is 1. The molecule has 118 valence electrons. The molecule has 0 aliphatic carbocycles. The van der Waals surface area contributed by atoms with Gasteiger partial charge in [0.1, 0.15) is 0 Å². The highest BCUT2D eigenvalue weighted by Crippen LogP contribution is 2.26. The summed E-state index contributed by atoms with van der Waals surface area (Å²) in [5, 5.41) is 10.9. The standard InChI is InChI=1S/C12H20N4O4S/c1-9(2)4-3-7-14-21(19,20)12-8-10(15-13)5-6-11(12)16(17)18/h5-6,8-9,14-15H,3-4,7,13H2,1-2H3. The quantitative estimate of drug-likeness (QED) is 0.289. The highest BCUT2D eigenvalue weighted by molar-refractivity contribution is 7.89. The number of hydrogen-bond acceptors (Lipinski definition) is 6. The number of hydrogen-bond donors (Lipinski definition) is 3. The van der Waals surface area contributed by atoms with Gasteiger partial charge >= 0.3 is 0 Å². The van der Waals surface area contributed by atoms with Crippen LogP contribution in [0.25, 0.3) is 0 Å². The number of hydrazine groups is 1. The maximum atomic E-state index is 12.2. The van der Waals surface area contributed by atoms with Gasteiger partial charge in [-0.25, -0.2) is 13.1 Å². The number of nitro groups is 1. The molecule has 1 aromatic carbocycles. The third-order valence-electron chi connectivity index (χ3n) is 2.86. The lowest BCUT2D eigenvalue weighted by Gasteiger charge is -2.09. The molecule has 4 N–H and O–H groups in total. The molecule has 1 rings (SSSR count). The minimum Gasteiger partial charge on any atom is -0.324 e. The number of nitrogens with one attached hydrogen (secondary N) is 2. The predicted octanol–water partition coefficient (Wildman–Crippen LogP) is 1.59. The van der Waals surface area contributed by atoms with E-state index in [4.69, 9.17) is 5.84 Å². The topological polar surface area (TPSA) is 127 Å². The van der Waals surface area contributed by atoms with Crippen molar-refractivity contribution in [1.29, 1.82) is 0 Å². The lowest BCUT2D eigenvalue weighted by Crippen LogP contribution is -2.26. The van der Waals surface area contributed by atoms with Gasteiger partial charge in [-0.15, -0.1) is 0 Å². The molecule has 0 radical (unpaired) electrons. The second-order valence-corrected chi connectivity index (χ2v) is 6.75. The van der Waals surface area contributed by atoms with Gasteiger partial charge in [0.25, 0.3) is 5.69 Å². The van der Waals surface area contributed by atoms with Crippen molar-refractivity contribution < 1.29 is 13.3 Å². The molecule has 9 heteroatoms. The van der Waals surface area contributed by atoms with Gasteiger partial charge in [-0.1, -0.05) is 13.8 Å². The SMILES string of the molecule is CC(C)CCCNS(=O)(=O)c1cc(NN)ccc1[N+](=O)[O-]. The summed E-state index contributed by atoms with van der Waals surface area (Å²) in [4.78, 5) is 9.82. The van der Waals surface area contributed by atoms with Crippen LogP contribution in [0.5, 0.6) is 0 Å². The molecule has 0 unspecified atom stereocenters. The molecule has 0 saturated heterocycles. The number of nitro benzene ring substituents is 1. The van der Waals surface area contributed by atoms with Crippen LogP contribution in [0.4, 0.5) is 11.4 Å². The summed E-state index contributed by atoms with van der Waals surface area (Å²) in [7, 11) is -3.95. The van der Waals surface area contributed by atoms with Gasteiger partial charge in [-0.3, -0.25) is 16.0 Å². The third-order valence-corrected chi connectivity index (χ3v) is 4.35. The van der Waals surface area contributed by atoms with E-state index < -0.39 is 25.5 Å². The van der Waals surface area contributed by atoms with Crippen molar-refractivity contribution in [2.24, 2.45) is 11.8 Å². The van der Waals surface area contributed by atoms with Gasteiger partial charge in [0.15, 0.2) is 4.90 Å². The van der Waals surface area contributed by atoms with E-state index in [0.717, 1.165) is 18.6 Å². The van der Waals surface area contributed by atoms with Gasteiger partial charge in [0.2, 0.25) is 10.0 Å². The number of nitrogens with two attached hydrogens (primary N) is 1. The van der Waals surface area contributed by atoms with Crippen molar-refractivity contribution in [2.45, 2.75) is 31.6 Å². The highest BCUT2D eigenvalue weighted by Gasteiger charge is 2.25. The Morgan fingerprint density at radius 2 is 2.05 bits per heavy atom. The number of nitrogens with zero attached hydrogens (tertiary/aromatic N) is 1. The molecule has 0 aliphatic rings. The van der Waals surface area contributed by atoms with E-state index >= 15 is 0 Å². The summed E-state index contributed by atoms with van der Waals surface area (Å²) in [5.41, 5.74) is 2.07. The minimum atomic E-state index is -3.95. The van der Waals surface area contributed by atoms with Gasteiger partial charge in [0, 0.05) is 12.6 Å². The largest absolute Gasteiger partial charge is 0.324 e. The second kappa shape index (κ2) is 7.34. The van der Waals surface area contributed by atoms with Crippen LogP contribution in [-0.2, 0) is 10.0 Å². The van der Waals surface area contributed by atoms with Crippen LogP contribution in [0, 0.1) is 16.0 Å². The fraction of sp³-hybridized carbons (Fsp3) is 0.500. The summed E-state index contributed by atoms with van der Waals surface area (Å²) in [6.07, 6.45) is 1.54. The van der Waals surface area contributed by atoms with E-state index in [9.17, 15) is 18.5 Å². The Bertz CT molecular complexity index is 601. The van der Waals surface area contributed by atoms with Gasteiger partial charge in [-0.05, 0) is 30.9 Å². The Morgan fingerprint density at radius 3 is 2.57 bits per heavy atom. The molecule has 0 bridgehead atoms. The smallest absolute Gasteiger partial charge is 0.289 e. The van der Waals surface area contributed by atoms with Crippen LogP contribution >= 0.6 is 0 Å². The Kier molecular flexibility index (Phi) is 6.06. The first-order valence-corrected chi connectivity index (χ1v) is 8.01. The van der Waals surface area contributed by atoms with Crippen molar-refractivity contribution in [1.82, 2.24) is 4.72 Å². The zero-order valence-electron chi connectivity index (χ0n) is 12.0. The molecule has 0 amide bonds. The minimum absolute atomic E-state index is 0.234. The Hall–Kier alpha value is -1.71. The summed E-state index contributed by atoms with van der Waals surface area (Å²) in [6, 6.07) is 3.59. The van der Waals surface area contributed by atoms with Crippen molar-refractivity contribution in [3.8, 4) is 0 Å². The van der Waals surface area contributed by atoms with E-state index in [2.05, 4.69) is 10.1 Å². The maximum Gasteiger partial charge on any atom is 0.289 e. The van der Waals surface area contributed by atoms with E-state index in [1.165, 1.54) is 6.07 Å². The molecular formula is C12H20N4O4S. The highest BCUT2D eigenvalue weighted by atomic mass is 32.2. The number of nitrogen functional groups attached to an aromatic ring is 1. The zero-order valence-corrected chi connectivity index (χ0v) is 12.8. The Balaban J connectivity index is 2.97. The summed E-state index contributed by atoms with van der Waals surface area (Å²) in [5.74, 6) is 5.67. The maximum absolute atomic E-state index is 12.2. The van der Waals surface area contributed by atoms with E-state index in [-0.39, 0.29) is 12.2 Å². The monoisotopic (exact) mass is 316 g/mol. The average Bonchev–Trinajstić information content (AvgIpc) is 2.42. The molecule has 0 heterocycles. The van der Waals surface area contributed by atoms with Crippen LogP contribution in [0.15, 0.2) is 23.1 Å².